The van der Waals surface area contributed by atoms with Crippen LogP contribution in [0.1, 0.15) is 40.4 Å². The Hall–Kier alpha value is -2.06. The monoisotopic (exact) mass is 292 g/mol. The van der Waals surface area contributed by atoms with E-state index < -0.39 is 12.0 Å². The molecule has 0 radical (unpaired) electrons. The second-order valence-corrected chi connectivity index (χ2v) is 5.07. The van der Waals surface area contributed by atoms with Crippen LogP contribution >= 0.6 is 11.6 Å². The Bertz CT molecular complexity index is 622. The lowest BCUT2D eigenvalue weighted by Crippen LogP contribution is -2.29. The van der Waals surface area contributed by atoms with E-state index >= 15 is 0 Å². The van der Waals surface area contributed by atoms with Crippen molar-refractivity contribution in [1.82, 2.24) is 4.90 Å². The van der Waals surface area contributed by atoms with E-state index in [9.17, 15) is 14.9 Å². The summed E-state index contributed by atoms with van der Waals surface area (Å²) in [5.74, 6) is -1.17. The number of nitrogens with zero attached hydrogens (tertiary/aromatic N) is 2. The molecule has 1 N–H and O–H groups in total. The first-order valence-electron chi connectivity index (χ1n) is 6.18. The van der Waals surface area contributed by atoms with E-state index in [2.05, 4.69) is 6.07 Å². The van der Waals surface area contributed by atoms with Crippen molar-refractivity contribution in [3.63, 3.8) is 0 Å². The van der Waals surface area contributed by atoms with Crippen molar-refractivity contribution in [3.05, 3.63) is 33.8 Å². The van der Waals surface area contributed by atoms with Gasteiger partial charge in [-0.25, -0.2) is 0 Å². The van der Waals surface area contributed by atoms with Gasteiger partial charge in [-0.15, -0.1) is 0 Å². The number of hydrogen-bond acceptors (Lipinski definition) is 3. The van der Waals surface area contributed by atoms with Crippen LogP contribution in [0.5, 0.6) is 0 Å². The molecule has 1 amide bonds. The number of aliphatic carboxylic acids is 1. The molecule has 104 valence electrons. The molecule has 1 aliphatic heterocycles. The van der Waals surface area contributed by atoms with Crippen LogP contribution in [0.2, 0.25) is 5.02 Å². The van der Waals surface area contributed by atoms with Gasteiger partial charge in [-0.2, -0.15) is 5.26 Å². The van der Waals surface area contributed by atoms with Crippen molar-refractivity contribution >= 4 is 23.5 Å². The summed E-state index contributed by atoms with van der Waals surface area (Å²) in [6, 6.07) is 4.80. The molecule has 1 aromatic carbocycles. The van der Waals surface area contributed by atoms with E-state index in [-0.39, 0.29) is 18.9 Å². The van der Waals surface area contributed by atoms with Crippen molar-refractivity contribution in [3.8, 4) is 6.07 Å². The number of benzene rings is 1. The molecule has 0 fully saturated rings. The van der Waals surface area contributed by atoms with Gasteiger partial charge in [0.05, 0.1) is 11.6 Å². The number of carbonyl (C=O) groups is 2. The van der Waals surface area contributed by atoms with Crippen LogP contribution in [0.25, 0.3) is 0 Å². The molecular weight excluding hydrogens is 280 g/mol. The third kappa shape index (κ3) is 2.35. The molecule has 0 bridgehead atoms. The molecule has 1 unspecified atom stereocenters. The van der Waals surface area contributed by atoms with Crippen LogP contribution < -0.4 is 0 Å². The highest BCUT2D eigenvalue weighted by atomic mass is 35.5. The third-order valence-corrected chi connectivity index (χ3v) is 3.83. The van der Waals surface area contributed by atoms with Gasteiger partial charge in [0.2, 0.25) is 0 Å². The molecule has 6 heteroatoms. The van der Waals surface area contributed by atoms with Crippen molar-refractivity contribution in [2.24, 2.45) is 0 Å². The van der Waals surface area contributed by atoms with E-state index in [1.165, 1.54) is 4.90 Å². The number of hydrogen-bond donors (Lipinski definition) is 1. The fourth-order valence-electron chi connectivity index (χ4n) is 2.42. The average Bonchev–Trinajstić information content (AvgIpc) is 2.67. The van der Waals surface area contributed by atoms with E-state index in [4.69, 9.17) is 16.7 Å². The Labute approximate surface area is 121 Å². The second-order valence-electron chi connectivity index (χ2n) is 4.66. The zero-order valence-electron chi connectivity index (χ0n) is 10.9. The van der Waals surface area contributed by atoms with Crippen molar-refractivity contribution in [1.29, 1.82) is 5.26 Å². The van der Waals surface area contributed by atoms with Gasteiger partial charge >= 0.3 is 5.97 Å². The molecule has 1 atom stereocenters. The lowest BCUT2D eigenvalue weighted by molar-refractivity contribution is -0.137. The van der Waals surface area contributed by atoms with Gasteiger partial charge in [0.25, 0.3) is 5.91 Å². The van der Waals surface area contributed by atoms with Gasteiger partial charge in [0, 0.05) is 23.6 Å². The largest absolute Gasteiger partial charge is 0.481 e. The van der Waals surface area contributed by atoms with Gasteiger partial charge < -0.3 is 10.0 Å². The number of halogens is 1. The third-order valence-electron chi connectivity index (χ3n) is 3.42. The summed E-state index contributed by atoms with van der Waals surface area (Å²) in [7, 11) is 0. The maximum atomic E-state index is 12.4. The number of carboxylic acid groups (broad SMARTS) is 1. The normalized spacial score (nSPS) is 16.9. The first-order chi connectivity index (χ1) is 9.47. The number of fused-ring (bicyclic) bond motifs is 1. The fourth-order valence-corrected chi connectivity index (χ4v) is 2.58. The SMILES string of the molecule is Cc1c(Cl)ccc2c1C(=O)N(CCCC(=O)O)C2C#N. The number of carbonyl (C=O) groups excluding carboxylic acids is 1. The molecule has 1 aromatic rings. The number of rotatable bonds is 4. The Morgan fingerprint density at radius 3 is 2.85 bits per heavy atom. The first kappa shape index (κ1) is 14.4. The highest BCUT2D eigenvalue weighted by molar-refractivity contribution is 6.32. The highest BCUT2D eigenvalue weighted by Crippen LogP contribution is 2.37. The van der Waals surface area contributed by atoms with E-state index in [0.717, 1.165) is 0 Å². The highest BCUT2D eigenvalue weighted by Gasteiger charge is 2.38. The first-order valence-corrected chi connectivity index (χ1v) is 6.56. The zero-order chi connectivity index (χ0) is 14.9. The fraction of sp³-hybridized carbons (Fsp3) is 0.357. The quantitative estimate of drug-likeness (QED) is 0.924. The van der Waals surface area contributed by atoms with Crippen LogP contribution in [0.15, 0.2) is 12.1 Å². The molecule has 0 spiro atoms. The maximum Gasteiger partial charge on any atom is 0.303 e. The van der Waals surface area contributed by atoms with Gasteiger partial charge in [-0.3, -0.25) is 9.59 Å². The van der Waals surface area contributed by atoms with Gasteiger partial charge in [-0.05, 0) is 25.0 Å². The zero-order valence-corrected chi connectivity index (χ0v) is 11.6. The lowest BCUT2D eigenvalue weighted by atomic mass is 10.0. The van der Waals surface area contributed by atoms with Gasteiger partial charge in [0.15, 0.2) is 0 Å². The number of nitriles is 1. The molecule has 0 aromatic heterocycles. The summed E-state index contributed by atoms with van der Waals surface area (Å²) in [6.45, 7) is 1.99. The van der Waals surface area contributed by atoms with E-state index in [0.29, 0.717) is 28.1 Å². The van der Waals surface area contributed by atoms with Gasteiger partial charge in [-0.1, -0.05) is 17.7 Å². The van der Waals surface area contributed by atoms with Crippen molar-refractivity contribution in [2.75, 3.05) is 6.54 Å². The Morgan fingerprint density at radius 2 is 2.25 bits per heavy atom. The predicted molar refractivity (Wildman–Crippen MR) is 72.4 cm³/mol. The number of amides is 1. The van der Waals surface area contributed by atoms with Gasteiger partial charge in [0.1, 0.15) is 6.04 Å². The summed E-state index contributed by atoms with van der Waals surface area (Å²) in [5.41, 5.74) is 1.78. The Kier molecular flexibility index (Phi) is 3.96. The van der Waals surface area contributed by atoms with Crippen LogP contribution in [-0.4, -0.2) is 28.4 Å². The standard InChI is InChI=1S/C14H13ClN2O3/c1-8-10(15)5-4-9-11(7-16)17(14(20)13(8)9)6-2-3-12(18)19/h4-5,11H,2-3,6H2,1H3,(H,18,19). The van der Waals surface area contributed by atoms with Crippen molar-refractivity contribution < 1.29 is 14.7 Å². The topological polar surface area (TPSA) is 81.4 Å². The molecule has 2 rings (SSSR count). The van der Waals surface area contributed by atoms with Crippen LogP contribution in [0.4, 0.5) is 0 Å². The second kappa shape index (κ2) is 5.51. The minimum atomic E-state index is -0.915. The number of carboxylic acids is 1. The van der Waals surface area contributed by atoms with Crippen LogP contribution in [0.3, 0.4) is 0 Å². The minimum Gasteiger partial charge on any atom is -0.481 e. The smallest absolute Gasteiger partial charge is 0.303 e. The molecule has 0 saturated carbocycles. The van der Waals surface area contributed by atoms with Crippen LogP contribution in [-0.2, 0) is 4.79 Å². The summed E-state index contributed by atoms with van der Waals surface area (Å²) in [4.78, 5) is 24.3. The molecular formula is C14H13ClN2O3. The summed E-state index contributed by atoms with van der Waals surface area (Å²) < 4.78 is 0. The van der Waals surface area contributed by atoms with Crippen molar-refractivity contribution in [2.45, 2.75) is 25.8 Å². The molecule has 0 aliphatic carbocycles. The molecule has 1 heterocycles. The van der Waals surface area contributed by atoms with E-state index in [1.807, 2.05) is 0 Å². The predicted octanol–water partition coefficient (Wildman–Crippen LogP) is 2.53. The van der Waals surface area contributed by atoms with Crippen LogP contribution in [0, 0.1) is 18.3 Å². The lowest BCUT2D eigenvalue weighted by Gasteiger charge is -2.19. The molecule has 5 nitrogen and oxygen atoms in total. The summed E-state index contributed by atoms with van der Waals surface area (Å²) in [6.07, 6.45) is 0.290. The molecule has 1 aliphatic rings. The Morgan fingerprint density at radius 1 is 1.55 bits per heavy atom. The van der Waals surface area contributed by atoms with E-state index in [1.54, 1.807) is 19.1 Å². The maximum absolute atomic E-state index is 12.4. The molecule has 20 heavy (non-hydrogen) atoms. The molecule has 0 saturated heterocycles. The Balaban J connectivity index is 2.30. The summed E-state index contributed by atoms with van der Waals surface area (Å²) in [5, 5.41) is 18.4. The average molecular weight is 293 g/mol. The summed E-state index contributed by atoms with van der Waals surface area (Å²) >= 11 is 6.01. The minimum absolute atomic E-state index is 0.0297.